The minimum atomic E-state index is -0.113. The van der Waals surface area contributed by atoms with Crippen molar-refractivity contribution in [3.05, 3.63) is 11.8 Å². The molecule has 0 aromatic carbocycles. The molecule has 0 aromatic heterocycles. The van der Waals surface area contributed by atoms with Crippen LogP contribution in [0.1, 0.15) is 39.0 Å². The molecule has 0 atom stereocenters. The Morgan fingerprint density at radius 2 is 2.25 bits per heavy atom. The first-order valence-corrected chi connectivity index (χ1v) is 6.35. The number of rotatable bonds is 3. The fraction of sp³-hybridized carbons (Fsp3) is 0.769. The number of nitrogens with one attached hydrogen (secondary N) is 1. The number of hydrogen-bond acceptors (Lipinski definition) is 3. The number of hydrogen-bond donors (Lipinski definition) is 1. The summed E-state index contributed by atoms with van der Waals surface area (Å²) >= 11 is 0. The summed E-state index contributed by atoms with van der Waals surface area (Å²) in [5.74, 6) is 0.344. The van der Waals surface area contributed by atoms with Gasteiger partial charge in [0.15, 0.2) is 5.78 Å². The molecule has 3 nitrogen and oxygen atoms in total. The van der Waals surface area contributed by atoms with Gasteiger partial charge in [-0.15, -0.1) is 0 Å². The zero-order chi connectivity index (χ0) is 11.4. The van der Waals surface area contributed by atoms with Gasteiger partial charge in [0, 0.05) is 11.0 Å². The number of ether oxygens (including phenoxy) is 1. The van der Waals surface area contributed by atoms with Gasteiger partial charge in [-0.2, -0.15) is 0 Å². The Morgan fingerprint density at radius 1 is 1.50 bits per heavy atom. The van der Waals surface area contributed by atoms with Gasteiger partial charge in [0.1, 0.15) is 0 Å². The molecule has 3 heteroatoms. The maximum absolute atomic E-state index is 12.5. The summed E-state index contributed by atoms with van der Waals surface area (Å²) in [7, 11) is 0. The minimum absolute atomic E-state index is 0.113. The van der Waals surface area contributed by atoms with E-state index in [-0.39, 0.29) is 5.41 Å². The third-order valence-corrected chi connectivity index (χ3v) is 3.94. The maximum atomic E-state index is 12.5. The lowest BCUT2D eigenvalue weighted by molar-refractivity contribution is -0.127. The molecule has 0 amide bonds. The van der Waals surface area contributed by atoms with Crippen molar-refractivity contribution in [1.29, 1.82) is 0 Å². The van der Waals surface area contributed by atoms with E-state index in [9.17, 15) is 4.79 Å². The van der Waals surface area contributed by atoms with Gasteiger partial charge in [-0.3, -0.25) is 4.79 Å². The highest BCUT2D eigenvalue weighted by molar-refractivity contribution is 5.99. The van der Waals surface area contributed by atoms with Crippen LogP contribution in [0.15, 0.2) is 11.8 Å². The SMILES string of the molecule is CCC1(C(=O)C2=COCCC2)CCNCC1. The van der Waals surface area contributed by atoms with E-state index in [0.29, 0.717) is 5.78 Å². The monoisotopic (exact) mass is 223 g/mol. The van der Waals surface area contributed by atoms with Crippen LogP contribution in [0, 0.1) is 5.41 Å². The molecule has 2 heterocycles. The summed E-state index contributed by atoms with van der Waals surface area (Å²) in [6.45, 7) is 4.83. The zero-order valence-corrected chi connectivity index (χ0v) is 10.1. The van der Waals surface area contributed by atoms with Gasteiger partial charge in [-0.1, -0.05) is 6.92 Å². The smallest absolute Gasteiger partial charge is 0.168 e. The van der Waals surface area contributed by atoms with Crippen molar-refractivity contribution < 1.29 is 9.53 Å². The highest BCUT2D eigenvalue weighted by Gasteiger charge is 2.39. The van der Waals surface area contributed by atoms with Gasteiger partial charge >= 0.3 is 0 Å². The number of allylic oxidation sites excluding steroid dienone is 1. The van der Waals surface area contributed by atoms with Gasteiger partial charge in [0.25, 0.3) is 0 Å². The van der Waals surface area contributed by atoms with Gasteiger partial charge < -0.3 is 10.1 Å². The van der Waals surface area contributed by atoms with Crippen molar-refractivity contribution in [1.82, 2.24) is 5.32 Å². The van der Waals surface area contributed by atoms with Crippen molar-refractivity contribution in [2.45, 2.75) is 39.0 Å². The predicted molar refractivity (Wildman–Crippen MR) is 63.1 cm³/mol. The highest BCUT2D eigenvalue weighted by atomic mass is 16.5. The molecule has 0 saturated carbocycles. The standard InChI is InChI=1S/C13H21NO2/c1-2-13(5-7-14-8-6-13)12(15)11-4-3-9-16-10-11/h10,14H,2-9H2,1H3. The van der Waals surface area contributed by atoms with Crippen LogP contribution in [0.4, 0.5) is 0 Å². The molecule has 90 valence electrons. The average Bonchev–Trinajstić information content (AvgIpc) is 2.39. The fourth-order valence-electron chi connectivity index (χ4n) is 2.72. The second-order valence-corrected chi connectivity index (χ2v) is 4.83. The number of Topliss-reactive ketones (excluding diaryl/α,β-unsaturated/α-hetero) is 1. The third kappa shape index (κ3) is 2.14. The lowest BCUT2D eigenvalue weighted by Crippen LogP contribution is -2.42. The second kappa shape index (κ2) is 5.00. The van der Waals surface area contributed by atoms with Gasteiger partial charge in [0.05, 0.1) is 12.9 Å². The van der Waals surface area contributed by atoms with E-state index in [1.165, 1.54) is 0 Å². The molecule has 1 N–H and O–H groups in total. The highest BCUT2D eigenvalue weighted by Crippen LogP contribution is 2.37. The first-order chi connectivity index (χ1) is 7.78. The van der Waals surface area contributed by atoms with E-state index in [4.69, 9.17) is 4.74 Å². The average molecular weight is 223 g/mol. The molecule has 0 spiro atoms. The summed E-state index contributed by atoms with van der Waals surface area (Å²) in [6, 6.07) is 0. The van der Waals surface area contributed by atoms with E-state index in [1.807, 2.05) is 0 Å². The largest absolute Gasteiger partial charge is 0.501 e. The molecule has 0 aromatic rings. The minimum Gasteiger partial charge on any atom is -0.501 e. The van der Waals surface area contributed by atoms with Crippen molar-refractivity contribution in [2.75, 3.05) is 19.7 Å². The Labute approximate surface area is 97.2 Å². The van der Waals surface area contributed by atoms with Crippen molar-refractivity contribution in [3.8, 4) is 0 Å². The fourth-order valence-corrected chi connectivity index (χ4v) is 2.72. The normalized spacial score (nSPS) is 24.4. The zero-order valence-electron chi connectivity index (χ0n) is 10.1. The molecule has 0 aliphatic carbocycles. The first kappa shape index (κ1) is 11.6. The van der Waals surface area contributed by atoms with Crippen LogP contribution in [-0.2, 0) is 9.53 Å². The molecular weight excluding hydrogens is 202 g/mol. The lowest BCUT2D eigenvalue weighted by atomic mass is 9.70. The first-order valence-electron chi connectivity index (χ1n) is 6.35. The van der Waals surface area contributed by atoms with Gasteiger partial charge in [-0.25, -0.2) is 0 Å². The van der Waals surface area contributed by atoms with E-state index < -0.39 is 0 Å². The maximum Gasteiger partial charge on any atom is 0.168 e. The van der Waals surface area contributed by atoms with Crippen molar-refractivity contribution >= 4 is 5.78 Å². The Morgan fingerprint density at radius 3 is 2.81 bits per heavy atom. The van der Waals surface area contributed by atoms with E-state index >= 15 is 0 Å². The molecule has 16 heavy (non-hydrogen) atoms. The number of carbonyl (C=O) groups excluding carboxylic acids is 1. The van der Waals surface area contributed by atoms with Crippen LogP contribution in [0.25, 0.3) is 0 Å². The lowest BCUT2D eigenvalue weighted by Gasteiger charge is -2.36. The Balaban J connectivity index is 2.13. The summed E-state index contributed by atoms with van der Waals surface area (Å²) < 4.78 is 5.29. The van der Waals surface area contributed by atoms with Gasteiger partial charge in [0.2, 0.25) is 0 Å². The quantitative estimate of drug-likeness (QED) is 0.795. The predicted octanol–water partition coefficient (Wildman–Crippen LogP) is 2.03. The van der Waals surface area contributed by atoms with Crippen LogP contribution >= 0.6 is 0 Å². The number of ketones is 1. The summed E-state index contributed by atoms with van der Waals surface area (Å²) in [5, 5.41) is 3.33. The topological polar surface area (TPSA) is 38.3 Å². The molecule has 0 unspecified atom stereocenters. The molecule has 1 fully saturated rings. The van der Waals surface area contributed by atoms with Crippen LogP contribution in [0.5, 0.6) is 0 Å². The molecule has 1 saturated heterocycles. The Kier molecular flexibility index (Phi) is 3.64. The van der Waals surface area contributed by atoms with Crippen LogP contribution in [0.2, 0.25) is 0 Å². The number of carbonyl (C=O) groups is 1. The Bertz CT molecular complexity index is 290. The summed E-state index contributed by atoms with van der Waals surface area (Å²) in [6.07, 6.45) is 6.47. The summed E-state index contributed by atoms with van der Waals surface area (Å²) in [4.78, 5) is 12.5. The summed E-state index contributed by atoms with van der Waals surface area (Å²) in [5.41, 5.74) is 0.799. The van der Waals surface area contributed by atoms with Gasteiger partial charge in [-0.05, 0) is 45.2 Å². The van der Waals surface area contributed by atoms with E-state index in [1.54, 1.807) is 6.26 Å². The molecular formula is C13H21NO2. The van der Waals surface area contributed by atoms with Crippen LogP contribution in [0.3, 0.4) is 0 Å². The van der Waals surface area contributed by atoms with Crippen LogP contribution < -0.4 is 5.32 Å². The van der Waals surface area contributed by atoms with E-state index in [0.717, 1.165) is 57.4 Å². The van der Waals surface area contributed by atoms with Crippen LogP contribution in [-0.4, -0.2) is 25.5 Å². The second-order valence-electron chi connectivity index (χ2n) is 4.83. The Hall–Kier alpha value is -0.830. The molecule has 2 aliphatic heterocycles. The molecule has 2 rings (SSSR count). The van der Waals surface area contributed by atoms with Crippen molar-refractivity contribution in [3.63, 3.8) is 0 Å². The van der Waals surface area contributed by atoms with E-state index in [2.05, 4.69) is 12.2 Å². The number of piperidine rings is 1. The molecule has 2 aliphatic rings. The third-order valence-electron chi connectivity index (χ3n) is 3.94. The van der Waals surface area contributed by atoms with Crippen molar-refractivity contribution in [2.24, 2.45) is 5.41 Å². The molecule has 0 radical (unpaired) electrons. The molecule has 0 bridgehead atoms.